The van der Waals surface area contributed by atoms with Crippen LogP contribution in [0.25, 0.3) is 0 Å². The summed E-state index contributed by atoms with van der Waals surface area (Å²) < 4.78 is 12.6. The van der Waals surface area contributed by atoms with Crippen molar-refractivity contribution < 1.29 is 4.21 Å². The Hall–Kier alpha value is -0.750. The summed E-state index contributed by atoms with van der Waals surface area (Å²) in [4.78, 5) is 0. The minimum atomic E-state index is -0.683. The number of rotatable bonds is 6. The molecule has 0 saturated carbocycles. The fraction of sp³-hybridized carbons (Fsp3) is 0.750. The second-order valence-electron chi connectivity index (χ2n) is 3.17. The van der Waals surface area contributed by atoms with Crippen LogP contribution in [0.3, 0.4) is 0 Å². The van der Waals surface area contributed by atoms with Gasteiger partial charge in [0.25, 0.3) is 0 Å². The van der Waals surface area contributed by atoms with Gasteiger partial charge in [0.1, 0.15) is 12.2 Å². The molecule has 14 heavy (non-hydrogen) atoms. The van der Waals surface area contributed by atoms with E-state index in [4.69, 9.17) is 0 Å². The second kappa shape index (κ2) is 5.87. The average molecular weight is 216 g/mol. The van der Waals surface area contributed by atoms with E-state index < -0.39 is 10.8 Å². The van der Waals surface area contributed by atoms with E-state index in [-0.39, 0.29) is 0 Å². The van der Waals surface area contributed by atoms with Crippen molar-refractivity contribution >= 4 is 10.8 Å². The average Bonchev–Trinajstić information content (AvgIpc) is 2.51. The lowest BCUT2D eigenvalue weighted by atomic mass is 10.4. The zero-order chi connectivity index (χ0) is 10.4. The van der Waals surface area contributed by atoms with Gasteiger partial charge in [-0.25, -0.2) is 0 Å². The number of aromatic nitrogens is 3. The summed E-state index contributed by atoms with van der Waals surface area (Å²) in [7, 11) is 1.23. The van der Waals surface area contributed by atoms with Gasteiger partial charge >= 0.3 is 0 Å². The Morgan fingerprint density at radius 2 is 2.43 bits per heavy atom. The van der Waals surface area contributed by atoms with Gasteiger partial charge in [-0.15, -0.1) is 10.2 Å². The summed E-state index contributed by atoms with van der Waals surface area (Å²) in [5.41, 5.74) is 0. The Labute approximate surface area is 86.4 Å². The van der Waals surface area contributed by atoms with E-state index in [0.717, 1.165) is 24.5 Å². The maximum absolute atomic E-state index is 10.7. The van der Waals surface area contributed by atoms with E-state index in [1.54, 1.807) is 12.6 Å². The van der Waals surface area contributed by atoms with E-state index in [9.17, 15) is 4.21 Å². The first kappa shape index (κ1) is 11.3. The Kier molecular flexibility index (Phi) is 4.75. The van der Waals surface area contributed by atoms with E-state index in [0.29, 0.717) is 6.54 Å². The molecule has 0 saturated heterocycles. The number of hydrogen-bond acceptors (Lipinski definition) is 4. The molecular formula is C8H16N4OS. The highest BCUT2D eigenvalue weighted by atomic mass is 32.2. The normalized spacial score (nSPS) is 13.0. The zero-order valence-corrected chi connectivity index (χ0v) is 9.38. The zero-order valence-electron chi connectivity index (χ0n) is 8.56. The molecule has 1 heterocycles. The first-order valence-corrected chi connectivity index (χ1v) is 6.26. The molecule has 0 aliphatic carbocycles. The second-order valence-corrected chi connectivity index (χ2v) is 4.72. The summed E-state index contributed by atoms with van der Waals surface area (Å²) in [6.07, 6.45) is 4.34. The monoisotopic (exact) mass is 216 g/mol. The molecule has 0 fully saturated rings. The fourth-order valence-corrected chi connectivity index (χ4v) is 1.62. The molecular weight excluding hydrogens is 200 g/mol. The summed E-state index contributed by atoms with van der Waals surface area (Å²) in [5, 5.41) is 10.9. The van der Waals surface area contributed by atoms with Crippen molar-refractivity contribution in [3.63, 3.8) is 0 Å². The van der Waals surface area contributed by atoms with Crippen molar-refractivity contribution in [1.29, 1.82) is 0 Å². The molecule has 0 aliphatic rings. The van der Waals surface area contributed by atoms with Gasteiger partial charge in [-0.3, -0.25) is 4.21 Å². The molecule has 80 valence electrons. The Balaban J connectivity index is 2.10. The van der Waals surface area contributed by atoms with Gasteiger partial charge in [-0.1, -0.05) is 0 Å². The smallest absolute Gasteiger partial charge is 0.146 e. The molecule has 1 unspecified atom stereocenters. The third-order valence-electron chi connectivity index (χ3n) is 1.87. The van der Waals surface area contributed by atoms with Gasteiger partial charge in [0.2, 0.25) is 0 Å². The summed E-state index contributed by atoms with van der Waals surface area (Å²) >= 11 is 0. The van der Waals surface area contributed by atoms with Crippen LogP contribution in [0.1, 0.15) is 12.2 Å². The van der Waals surface area contributed by atoms with Gasteiger partial charge in [0.05, 0.1) is 6.54 Å². The Morgan fingerprint density at radius 1 is 1.64 bits per heavy atom. The lowest BCUT2D eigenvalue weighted by Crippen LogP contribution is -2.18. The molecule has 0 amide bonds. The van der Waals surface area contributed by atoms with Crippen LogP contribution in [-0.2, 0) is 24.4 Å². The highest BCUT2D eigenvalue weighted by molar-refractivity contribution is 7.84. The van der Waals surface area contributed by atoms with Gasteiger partial charge in [-0.2, -0.15) is 0 Å². The maximum Gasteiger partial charge on any atom is 0.146 e. The standard InChI is InChI=1S/C8H16N4OS/c1-12-7-10-11-8(12)6-9-4-3-5-14(2)13/h7,9H,3-6H2,1-2H3. The number of nitrogens with zero attached hydrogens (tertiary/aromatic N) is 3. The number of aryl methyl sites for hydroxylation is 1. The molecule has 0 radical (unpaired) electrons. The quantitative estimate of drug-likeness (QED) is 0.662. The third-order valence-corrected chi connectivity index (χ3v) is 2.74. The lowest BCUT2D eigenvalue weighted by Gasteiger charge is -2.02. The SMILES string of the molecule is Cn1cnnc1CNCCCS(C)=O. The Morgan fingerprint density at radius 3 is 3.00 bits per heavy atom. The van der Waals surface area contributed by atoms with Gasteiger partial charge in [-0.05, 0) is 13.0 Å². The molecule has 0 aliphatic heterocycles. The minimum absolute atomic E-state index is 0.683. The predicted octanol–water partition coefficient (Wildman–Crippen LogP) is -0.327. The molecule has 1 aromatic rings. The van der Waals surface area contributed by atoms with Crippen molar-refractivity contribution in [1.82, 2.24) is 20.1 Å². The van der Waals surface area contributed by atoms with Crippen LogP contribution in [-0.4, -0.2) is 37.5 Å². The summed E-state index contributed by atoms with van der Waals surface area (Å²) in [6.45, 7) is 1.58. The van der Waals surface area contributed by atoms with Crippen LogP contribution in [0.2, 0.25) is 0 Å². The molecule has 1 aromatic heterocycles. The minimum Gasteiger partial charge on any atom is -0.320 e. The maximum atomic E-state index is 10.7. The van der Waals surface area contributed by atoms with Crippen LogP contribution in [0.4, 0.5) is 0 Å². The molecule has 1 atom stereocenters. The topological polar surface area (TPSA) is 59.8 Å². The fourth-order valence-electron chi connectivity index (χ4n) is 1.07. The van der Waals surface area contributed by atoms with E-state index >= 15 is 0 Å². The highest BCUT2D eigenvalue weighted by Crippen LogP contribution is 1.90. The molecule has 0 aromatic carbocycles. The van der Waals surface area contributed by atoms with Gasteiger partial charge in [0, 0.05) is 29.9 Å². The van der Waals surface area contributed by atoms with Crippen LogP contribution < -0.4 is 5.32 Å². The van der Waals surface area contributed by atoms with E-state index in [2.05, 4.69) is 15.5 Å². The largest absolute Gasteiger partial charge is 0.320 e. The molecule has 1 N–H and O–H groups in total. The van der Waals surface area contributed by atoms with E-state index in [1.807, 2.05) is 11.6 Å². The molecule has 5 nitrogen and oxygen atoms in total. The predicted molar refractivity (Wildman–Crippen MR) is 56.3 cm³/mol. The first-order chi connectivity index (χ1) is 6.70. The van der Waals surface area contributed by atoms with Crippen LogP contribution in [0.5, 0.6) is 0 Å². The van der Waals surface area contributed by atoms with Crippen molar-refractivity contribution in [2.24, 2.45) is 7.05 Å². The molecule has 0 bridgehead atoms. The third kappa shape index (κ3) is 3.97. The van der Waals surface area contributed by atoms with Crippen molar-refractivity contribution in [3.8, 4) is 0 Å². The summed E-state index contributed by atoms with van der Waals surface area (Å²) in [6, 6.07) is 0. The summed E-state index contributed by atoms with van der Waals surface area (Å²) in [5.74, 6) is 1.67. The molecule has 1 rings (SSSR count). The van der Waals surface area contributed by atoms with Gasteiger partial charge in [0.15, 0.2) is 0 Å². The Bertz CT molecular complexity index is 299. The van der Waals surface area contributed by atoms with Gasteiger partial charge < -0.3 is 9.88 Å². The van der Waals surface area contributed by atoms with E-state index in [1.165, 1.54) is 0 Å². The number of hydrogen-bond donors (Lipinski definition) is 1. The van der Waals surface area contributed by atoms with Crippen LogP contribution >= 0.6 is 0 Å². The molecule has 6 heteroatoms. The van der Waals surface area contributed by atoms with Crippen LogP contribution in [0.15, 0.2) is 6.33 Å². The van der Waals surface area contributed by atoms with Crippen molar-refractivity contribution in [2.75, 3.05) is 18.6 Å². The molecule has 0 spiro atoms. The lowest BCUT2D eigenvalue weighted by molar-refractivity contribution is 0.626. The highest BCUT2D eigenvalue weighted by Gasteiger charge is 1.98. The number of nitrogens with one attached hydrogen (secondary N) is 1. The first-order valence-electron chi connectivity index (χ1n) is 4.54. The van der Waals surface area contributed by atoms with Crippen molar-refractivity contribution in [3.05, 3.63) is 12.2 Å². The van der Waals surface area contributed by atoms with Crippen LogP contribution in [0, 0.1) is 0 Å². The van der Waals surface area contributed by atoms with Crippen molar-refractivity contribution in [2.45, 2.75) is 13.0 Å².